The molecule has 11 nitrogen and oxygen atoms in total. The van der Waals surface area contributed by atoms with Crippen LogP contribution in [0.4, 0.5) is 17.2 Å². The summed E-state index contributed by atoms with van der Waals surface area (Å²) in [7, 11) is 4.55. The minimum absolute atomic E-state index is 0.00629. The number of rotatable bonds is 5. The number of hydrogen-bond acceptors (Lipinski definition) is 7. The smallest absolute Gasteiger partial charge is 0.288 e. The van der Waals surface area contributed by atoms with Gasteiger partial charge in [-0.2, -0.15) is 5.10 Å². The molecule has 2 aromatic heterocycles. The molecule has 2 aromatic rings. The largest absolute Gasteiger partial charge is 0.503 e. The molecule has 0 aromatic carbocycles. The fourth-order valence-corrected chi connectivity index (χ4v) is 2.10. The number of amides is 1. The number of hydrogen-bond donors (Lipinski definition) is 5. The molecule has 0 aliphatic heterocycles. The second-order valence-corrected chi connectivity index (χ2v) is 5.18. The molecule has 0 aliphatic carbocycles. The summed E-state index contributed by atoms with van der Waals surface area (Å²) in [5.74, 6) is -0.987. The number of carbonyl (C=O) groups is 1. The van der Waals surface area contributed by atoms with Crippen molar-refractivity contribution >= 4 is 23.1 Å². The van der Waals surface area contributed by atoms with Crippen LogP contribution < -0.4 is 21.8 Å². The SMILES string of the molecule is CCNc1c(Nc2nn(C)c(C(=O)N(C)C)c2O)c(=O)[nH][nH]c1=O. The molecule has 0 saturated carbocycles. The third-order valence-electron chi connectivity index (χ3n) is 3.22. The topological polar surface area (TPSA) is 148 Å². The molecule has 0 bridgehead atoms. The molecule has 130 valence electrons. The summed E-state index contributed by atoms with van der Waals surface area (Å²) in [6.45, 7) is 2.16. The number of nitrogens with zero attached hydrogens (tertiary/aromatic N) is 3. The van der Waals surface area contributed by atoms with E-state index in [-0.39, 0.29) is 22.9 Å². The highest BCUT2D eigenvalue weighted by Gasteiger charge is 2.24. The fourth-order valence-electron chi connectivity index (χ4n) is 2.10. The van der Waals surface area contributed by atoms with Gasteiger partial charge in [0.05, 0.1) is 0 Å². The van der Waals surface area contributed by atoms with Crippen molar-refractivity contribution in [1.82, 2.24) is 24.9 Å². The third-order valence-corrected chi connectivity index (χ3v) is 3.22. The summed E-state index contributed by atoms with van der Waals surface area (Å²) in [5.41, 5.74) is -1.31. The Morgan fingerprint density at radius 2 is 1.83 bits per heavy atom. The van der Waals surface area contributed by atoms with Crippen molar-refractivity contribution < 1.29 is 9.90 Å². The Bertz CT molecular complexity index is 877. The maximum absolute atomic E-state index is 12.1. The first-order chi connectivity index (χ1) is 11.3. The van der Waals surface area contributed by atoms with Crippen molar-refractivity contribution in [3.05, 3.63) is 26.4 Å². The molecule has 1 amide bonds. The number of aromatic hydroxyl groups is 1. The predicted octanol–water partition coefficient (Wildman–Crippen LogP) is -0.620. The lowest BCUT2D eigenvalue weighted by molar-refractivity contribution is 0.0814. The van der Waals surface area contributed by atoms with Gasteiger partial charge in [0.1, 0.15) is 11.4 Å². The van der Waals surface area contributed by atoms with Crippen molar-refractivity contribution in [3.8, 4) is 5.75 Å². The zero-order chi connectivity index (χ0) is 18.0. The highest BCUT2D eigenvalue weighted by atomic mass is 16.3. The quantitative estimate of drug-likeness (QED) is 0.488. The van der Waals surface area contributed by atoms with E-state index in [1.807, 2.05) is 0 Å². The molecule has 2 rings (SSSR count). The maximum atomic E-state index is 12.1. The minimum atomic E-state index is -0.615. The molecular formula is C13H19N7O4. The molecule has 0 spiro atoms. The zero-order valence-electron chi connectivity index (χ0n) is 13.7. The van der Waals surface area contributed by atoms with Gasteiger partial charge in [0.15, 0.2) is 17.3 Å². The van der Waals surface area contributed by atoms with Crippen LogP contribution in [0.5, 0.6) is 5.75 Å². The summed E-state index contributed by atoms with van der Waals surface area (Å²) >= 11 is 0. The number of aromatic amines is 2. The number of carbonyl (C=O) groups excluding carboxylic acids is 1. The number of aromatic nitrogens is 4. The Morgan fingerprint density at radius 1 is 1.25 bits per heavy atom. The highest BCUT2D eigenvalue weighted by Crippen LogP contribution is 2.30. The van der Waals surface area contributed by atoms with E-state index < -0.39 is 22.8 Å². The minimum Gasteiger partial charge on any atom is -0.503 e. The van der Waals surface area contributed by atoms with Crippen LogP contribution in [0.3, 0.4) is 0 Å². The number of aryl methyl sites for hydroxylation is 1. The lowest BCUT2D eigenvalue weighted by Crippen LogP contribution is -2.26. The van der Waals surface area contributed by atoms with Crippen LogP contribution in [0.25, 0.3) is 0 Å². The molecule has 2 heterocycles. The molecule has 0 radical (unpaired) electrons. The first-order valence-corrected chi connectivity index (χ1v) is 7.11. The van der Waals surface area contributed by atoms with Gasteiger partial charge in [0.25, 0.3) is 17.0 Å². The summed E-state index contributed by atoms with van der Waals surface area (Å²) in [6, 6.07) is 0. The van der Waals surface area contributed by atoms with E-state index in [0.717, 1.165) is 0 Å². The van der Waals surface area contributed by atoms with Crippen molar-refractivity contribution in [3.63, 3.8) is 0 Å². The Morgan fingerprint density at radius 3 is 2.38 bits per heavy atom. The van der Waals surface area contributed by atoms with E-state index in [0.29, 0.717) is 6.54 Å². The lowest BCUT2D eigenvalue weighted by Gasteiger charge is -2.10. The monoisotopic (exact) mass is 337 g/mol. The average Bonchev–Trinajstić information content (AvgIpc) is 2.80. The van der Waals surface area contributed by atoms with Gasteiger partial charge in [-0.25, -0.2) is 0 Å². The number of H-pyrrole nitrogens is 2. The molecular weight excluding hydrogens is 318 g/mol. The molecule has 0 fully saturated rings. The van der Waals surface area contributed by atoms with Crippen molar-refractivity contribution in [2.45, 2.75) is 6.92 Å². The average molecular weight is 337 g/mol. The standard InChI is InChI=1S/C13H19N7O4/c1-5-14-6-7(12(23)17-16-11(6)22)15-10-9(21)8(20(4)18-10)13(24)19(2)3/h21H,5H2,1-4H3,(H2,14,17,23)(H2,15,16,18,22). The van der Waals surface area contributed by atoms with Gasteiger partial charge >= 0.3 is 0 Å². The van der Waals surface area contributed by atoms with Gasteiger partial charge in [-0.1, -0.05) is 0 Å². The van der Waals surface area contributed by atoms with E-state index in [4.69, 9.17) is 0 Å². The highest BCUT2D eigenvalue weighted by molar-refractivity contribution is 5.97. The van der Waals surface area contributed by atoms with E-state index >= 15 is 0 Å². The van der Waals surface area contributed by atoms with Crippen molar-refractivity contribution in [2.75, 3.05) is 31.3 Å². The number of nitrogens with one attached hydrogen (secondary N) is 4. The predicted molar refractivity (Wildman–Crippen MR) is 88.0 cm³/mol. The molecule has 0 aliphatic rings. The van der Waals surface area contributed by atoms with Crippen LogP contribution in [0.2, 0.25) is 0 Å². The molecule has 0 unspecified atom stereocenters. The van der Waals surface area contributed by atoms with Gasteiger partial charge in [-0.15, -0.1) is 0 Å². The third kappa shape index (κ3) is 2.95. The molecule has 0 atom stereocenters. The summed E-state index contributed by atoms with van der Waals surface area (Å²) in [5, 5.41) is 24.0. The van der Waals surface area contributed by atoms with E-state index in [1.165, 1.54) is 30.7 Å². The van der Waals surface area contributed by atoms with Crippen LogP contribution in [0, 0.1) is 0 Å². The second-order valence-electron chi connectivity index (χ2n) is 5.18. The lowest BCUT2D eigenvalue weighted by atomic mass is 10.3. The van der Waals surface area contributed by atoms with E-state index in [2.05, 4.69) is 25.9 Å². The van der Waals surface area contributed by atoms with E-state index in [1.54, 1.807) is 6.92 Å². The van der Waals surface area contributed by atoms with Gasteiger partial charge in [0.2, 0.25) is 0 Å². The number of anilines is 3. The molecule has 11 heteroatoms. The Labute approximate surface area is 136 Å². The van der Waals surface area contributed by atoms with Crippen LogP contribution in [0.1, 0.15) is 17.4 Å². The first-order valence-electron chi connectivity index (χ1n) is 7.11. The maximum Gasteiger partial charge on any atom is 0.288 e. The summed E-state index contributed by atoms with van der Waals surface area (Å²) in [6.07, 6.45) is 0. The first kappa shape index (κ1) is 17.1. The summed E-state index contributed by atoms with van der Waals surface area (Å²) < 4.78 is 1.19. The Hall–Kier alpha value is -3.24. The van der Waals surface area contributed by atoms with Gasteiger partial charge in [-0.3, -0.25) is 29.3 Å². The zero-order valence-corrected chi connectivity index (χ0v) is 13.7. The molecule has 24 heavy (non-hydrogen) atoms. The molecule has 0 saturated heterocycles. The van der Waals surface area contributed by atoms with Crippen LogP contribution >= 0.6 is 0 Å². The van der Waals surface area contributed by atoms with Crippen LogP contribution in [-0.2, 0) is 7.05 Å². The van der Waals surface area contributed by atoms with Crippen molar-refractivity contribution in [1.29, 1.82) is 0 Å². The normalized spacial score (nSPS) is 10.5. The molecule has 5 N–H and O–H groups in total. The van der Waals surface area contributed by atoms with Crippen LogP contribution in [-0.4, -0.2) is 56.5 Å². The van der Waals surface area contributed by atoms with Gasteiger partial charge in [0, 0.05) is 27.7 Å². The van der Waals surface area contributed by atoms with Gasteiger partial charge in [-0.05, 0) is 6.92 Å². The van der Waals surface area contributed by atoms with Gasteiger partial charge < -0.3 is 20.6 Å². The van der Waals surface area contributed by atoms with Crippen LogP contribution in [0.15, 0.2) is 9.59 Å². The Balaban J connectivity index is 2.53. The van der Waals surface area contributed by atoms with Crippen molar-refractivity contribution in [2.24, 2.45) is 7.05 Å². The second kappa shape index (κ2) is 6.48. The fraction of sp³-hybridized carbons (Fsp3) is 0.385. The van der Waals surface area contributed by atoms with E-state index in [9.17, 15) is 19.5 Å². The Kier molecular flexibility index (Phi) is 4.62. The summed E-state index contributed by atoms with van der Waals surface area (Å²) in [4.78, 5) is 37.2.